The predicted octanol–water partition coefficient (Wildman–Crippen LogP) is 0.361. The van der Waals surface area contributed by atoms with Gasteiger partial charge in [-0.2, -0.15) is 0 Å². The van der Waals surface area contributed by atoms with Crippen LogP contribution in [0.25, 0.3) is 10.9 Å². The Morgan fingerprint density at radius 2 is 1.91 bits per heavy atom. The minimum Gasteiger partial charge on any atom is -0.307 e. The van der Waals surface area contributed by atoms with Crippen LogP contribution in [0, 0.1) is 0 Å². The van der Waals surface area contributed by atoms with Gasteiger partial charge in [-0.05, 0) is 25.5 Å². The second-order valence-electron chi connectivity index (χ2n) is 5.01. The van der Waals surface area contributed by atoms with E-state index in [1.165, 1.54) is 11.4 Å². The largest absolute Gasteiger partial charge is 0.328 e. The summed E-state index contributed by atoms with van der Waals surface area (Å²) in [5.74, 6) is 0.0278. The molecule has 1 N–H and O–H groups in total. The number of hydrogen-bond acceptors (Lipinski definition) is 4. The highest BCUT2D eigenvalue weighted by molar-refractivity contribution is 7.89. The van der Waals surface area contributed by atoms with Crippen molar-refractivity contribution in [1.29, 1.82) is 0 Å². The average Bonchev–Trinajstić information content (AvgIpc) is 2.50. The van der Waals surface area contributed by atoms with Gasteiger partial charge in [0.15, 0.2) is 0 Å². The lowest BCUT2D eigenvalue weighted by molar-refractivity contribution is 0.442. The molecule has 22 heavy (non-hydrogen) atoms. The molecule has 0 amide bonds. The molecule has 0 saturated heterocycles. The van der Waals surface area contributed by atoms with Crippen LogP contribution in [-0.2, 0) is 16.6 Å². The predicted molar refractivity (Wildman–Crippen MR) is 85.5 cm³/mol. The van der Waals surface area contributed by atoms with E-state index in [2.05, 4.69) is 4.98 Å². The first-order valence-electron chi connectivity index (χ1n) is 7.02. The van der Waals surface area contributed by atoms with Crippen molar-refractivity contribution in [2.75, 3.05) is 19.3 Å². The molecule has 0 aliphatic heterocycles. The molecule has 0 atom stereocenters. The van der Waals surface area contributed by atoms with Crippen LogP contribution >= 0.6 is 0 Å². The number of para-hydroxylation sites is 1. The van der Waals surface area contributed by atoms with E-state index in [9.17, 15) is 18.0 Å². The van der Waals surface area contributed by atoms with Crippen molar-refractivity contribution in [3.05, 3.63) is 45.1 Å². The van der Waals surface area contributed by atoms with Gasteiger partial charge in [0.2, 0.25) is 10.0 Å². The summed E-state index contributed by atoms with van der Waals surface area (Å²) in [6.45, 7) is 2.00. The van der Waals surface area contributed by atoms with Crippen LogP contribution in [0.5, 0.6) is 0 Å². The standard InChI is InChI=1S/C14H19N3O4S/c1-3-22(20,21)16(2)9-6-10-17-13(18)11-7-4-5-8-12(11)15-14(17)19/h4-5,7-8H,3,6,9-10H2,1-2H3,(H,15,19). The molecule has 7 nitrogen and oxygen atoms in total. The monoisotopic (exact) mass is 325 g/mol. The van der Waals surface area contributed by atoms with Gasteiger partial charge in [0.25, 0.3) is 5.56 Å². The molecule has 8 heteroatoms. The summed E-state index contributed by atoms with van der Waals surface area (Å²) in [4.78, 5) is 26.9. The van der Waals surface area contributed by atoms with Crippen molar-refractivity contribution in [3.8, 4) is 0 Å². The van der Waals surface area contributed by atoms with Gasteiger partial charge in [-0.3, -0.25) is 9.36 Å². The Balaban J connectivity index is 2.19. The highest BCUT2D eigenvalue weighted by atomic mass is 32.2. The summed E-state index contributed by atoms with van der Waals surface area (Å²) in [7, 11) is -1.76. The molecule has 0 unspecified atom stereocenters. The number of hydrogen-bond donors (Lipinski definition) is 1. The molecule has 1 heterocycles. The fourth-order valence-corrected chi connectivity index (χ4v) is 3.06. The topological polar surface area (TPSA) is 92.2 Å². The molecule has 0 bridgehead atoms. The molecular weight excluding hydrogens is 306 g/mol. The number of benzene rings is 1. The Morgan fingerprint density at radius 1 is 1.23 bits per heavy atom. The first kappa shape index (κ1) is 16.4. The van der Waals surface area contributed by atoms with Gasteiger partial charge in [-0.15, -0.1) is 0 Å². The van der Waals surface area contributed by atoms with Gasteiger partial charge in [0.1, 0.15) is 0 Å². The van der Waals surface area contributed by atoms with Crippen LogP contribution in [0.1, 0.15) is 13.3 Å². The molecule has 1 aromatic heterocycles. The summed E-state index contributed by atoms with van der Waals surface area (Å²) < 4.78 is 25.6. The van der Waals surface area contributed by atoms with E-state index in [1.54, 1.807) is 31.2 Å². The van der Waals surface area contributed by atoms with Crippen molar-refractivity contribution in [2.45, 2.75) is 19.9 Å². The van der Waals surface area contributed by atoms with E-state index in [1.807, 2.05) is 0 Å². The quantitative estimate of drug-likeness (QED) is 0.830. The molecule has 2 aromatic rings. The molecule has 0 radical (unpaired) electrons. The number of aromatic amines is 1. The number of fused-ring (bicyclic) bond motifs is 1. The van der Waals surface area contributed by atoms with Crippen LogP contribution in [0.4, 0.5) is 0 Å². The lowest BCUT2D eigenvalue weighted by atomic mass is 10.2. The Labute approximate surface area is 128 Å². The Bertz CT molecular complexity index is 883. The fraction of sp³-hybridized carbons (Fsp3) is 0.429. The zero-order valence-electron chi connectivity index (χ0n) is 12.6. The lowest BCUT2D eigenvalue weighted by Gasteiger charge is -2.15. The third-order valence-corrected chi connectivity index (χ3v) is 5.45. The normalized spacial score (nSPS) is 12.1. The van der Waals surface area contributed by atoms with Gasteiger partial charge in [0.05, 0.1) is 16.7 Å². The summed E-state index contributed by atoms with van der Waals surface area (Å²) in [5, 5.41) is 0.441. The number of sulfonamides is 1. The smallest absolute Gasteiger partial charge is 0.307 e. The summed E-state index contributed by atoms with van der Waals surface area (Å²) in [5.41, 5.74) is -0.343. The highest BCUT2D eigenvalue weighted by Crippen LogP contribution is 2.04. The molecule has 120 valence electrons. The second-order valence-corrected chi connectivity index (χ2v) is 7.37. The summed E-state index contributed by atoms with van der Waals surface area (Å²) in [6.07, 6.45) is 0.386. The van der Waals surface area contributed by atoms with Crippen LogP contribution in [0.15, 0.2) is 33.9 Å². The molecule has 0 fully saturated rings. The molecule has 0 aliphatic carbocycles. The van der Waals surface area contributed by atoms with Gasteiger partial charge in [0, 0.05) is 20.1 Å². The van der Waals surface area contributed by atoms with Gasteiger partial charge < -0.3 is 4.98 Å². The molecule has 0 spiro atoms. The maximum absolute atomic E-state index is 12.3. The number of H-pyrrole nitrogens is 1. The fourth-order valence-electron chi connectivity index (χ4n) is 2.21. The summed E-state index contributed by atoms with van der Waals surface area (Å²) >= 11 is 0. The third-order valence-electron chi connectivity index (χ3n) is 3.58. The first-order chi connectivity index (χ1) is 10.4. The lowest BCUT2D eigenvalue weighted by Crippen LogP contribution is -2.36. The van der Waals surface area contributed by atoms with Crippen molar-refractivity contribution >= 4 is 20.9 Å². The minimum absolute atomic E-state index is 0.0278. The SMILES string of the molecule is CCS(=O)(=O)N(C)CCCn1c(=O)[nH]c2ccccc2c1=O. The van der Waals surface area contributed by atoms with Crippen LogP contribution in [0.3, 0.4) is 0 Å². The Kier molecular flexibility index (Phi) is 4.82. The van der Waals surface area contributed by atoms with Crippen molar-refractivity contribution in [3.63, 3.8) is 0 Å². The molecule has 2 rings (SSSR count). The third kappa shape index (κ3) is 3.28. The number of nitrogens with zero attached hydrogens (tertiary/aromatic N) is 2. The van der Waals surface area contributed by atoms with Crippen molar-refractivity contribution in [1.82, 2.24) is 13.9 Å². The minimum atomic E-state index is -3.25. The van der Waals surface area contributed by atoms with Gasteiger partial charge >= 0.3 is 5.69 Å². The van der Waals surface area contributed by atoms with E-state index in [0.717, 1.165) is 4.57 Å². The zero-order valence-corrected chi connectivity index (χ0v) is 13.4. The Hall–Kier alpha value is -1.93. The zero-order chi connectivity index (χ0) is 16.3. The van der Waals surface area contributed by atoms with E-state index >= 15 is 0 Å². The van der Waals surface area contributed by atoms with Crippen molar-refractivity contribution < 1.29 is 8.42 Å². The first-order valence-corrected chi connectivity index (χ1v) is 8.63. The number of nitrogens with one attached hydrogen (secondary N) is 1. The van der Waals surface area contributed by atoms with Gasteiger partial charge in [-0.25, -0.2) is 17.5 Å². The van der Waals surface area contributed by atoms with E-state index in [-0.39, 0.29) is 24.4 Å². The molecular formula is C14H19N3O4S. The van der Waals surface area contributed by atoms with Crippen LogP contribution in [-0.4, -0.2) is 41.6 Å². The van der Waals surface area contributed by atoms with Crippen LogP contribution in [0.2, 0.25) is 0 Å². The molecule has 1 aromatic carbocycles. The van der Waals surface area contributed by atoms with E-state index in [4.69, 9.17) is 0 Å². The van der Waals surface area contributed by atoms with Crippen LogP contribution < -0.4 is 11.2 Å². The number of aromatic nitrogens is 2. The molecule has 0 saturated carbocycles. The average molecular weight is 325 g/mol. The van der Waals surface area contributed by atoms with Crippen molar-refractivity contribution in [2.24, 2.45) is 0 Å². The number of rotatable bonds is 6. The van der Waals surface area contributed by atoms with E-state index < -0.39 is 15.7 Å². The maximum atomic E-state index is 12.3. The Morgan fingerprint density at radius 3 is 2.59 bits per heavy atom. The second kappa shape index (κ2) is 6.45. The molecule has 0 aliphatic rings. The van der Waals surface area contributed by atoms with E-state index in [0.29, 0.717) is 17.3 Å². The maximum Gasteiger partial charge on any atom is 0.328 e. The van der Waals surface area contributed by atoms with Gasteiger partial charge in [-0.1, -0.05) is 12.1 Å². The highest BCUT2D eigenvalue weighted by Gasteiger charge is 2.14. The summed E-state index contributed by atoms with van der Waals surface area (Å²) in [6, 6.07) is 6.79.